The van der Waals surface area contributed by atoms with Gasteiger partial charge < -0.3 is 14.8 Å². The van der Waals surface area contributed by atoms with Crippen molar-refractivity contribution in [2.75, 3.05) is 26.9 Å². The van der Waals surface area contributed by atoms with E-state index in [9.17, 15) is 4.79 Å². The molecule has 12 heavy (non-hydrogen) atoms. The molecule has 0 radical (unpaired) electrons. The molecule has 4 heteroatoms. The van der Waals surface area contributed by atoms with E-state index in [0.717, 1.165) is 0 Å². The van der Waals surface area contributed by atoms with Gasteiger partial charge in [0.25, 0.3) is 0 Å². The summed E-state index contributed by atoms with van der Waals surface area (Å²) in [7, 11) is 1.76. The highest BCUT2D eigenvalue weighted by Gasteiger charge is 2.33. The number of likely N-dealkylation sites (N-methyl/N-ethyl adjacent to an activating group) is 1. The summed E-state index contributed by atoms with van der Waals surface area (Å²) in [4.78, 5) is 11.3. The Bertz CT molecular complexity index is 156. The standard InChI is InChI=1S/C8H15NO3/c1-3-12-8(10)7(9-2)6-4-11-5-6/h6-7,9H,3-5H2,1-2H3. The highest BCUT2D eigenvalue weighted by molar-refractivity contribution is 5.76. The Hall–Kier alpha value is -0.610. The summed E-state index contributed by atoms with van der Waals surface area (Å²) in [6.07, 6.45) is 0. The zero-order chi connectivity index (χ0) is 8.97. The lowest BCUT2D eigenvalue weighted by Crippen LogP contribution is -2.50. The van der Waals surface area contributed by atoms with Crippen molar-refractivity contribution >= 4 is 5.97 Å². The normalized spacial score (nSPS) is 19.8. The van der Waals surface area contributed by atoms with Gasteiger partial charge in [-0.25, -0.2) is 0 Å². The molecule has 70 valence electrons. The maximum absolute atomic E-state index is 11.3. The van der Waals surface area contributed by atoms with Gasteiger partial charge in [-0.1, -0.05) is 0 Å². The van der Waals surface area contributed by atoms with Crippen LogP contribution in [-0.4, -0.2) is 38.9 Å². The number of carbonyl (C=O) groups excluding carboxylic acids is 1. The van der Waals surface area contributed by atoms with Crippen LogP contribution in [0.25, 0.3) is 0 Å². The minimum atomic E-state index is -0.196. The van der Waals surface area contributed by atoms with Crippen LogP contribution >= 0.6 is 0 Å². The number of carbonyl (C=O) groups is 1. The first-order valence-electron chi connectivity index (χ1n) is 4.21. The fourth-order valence-electron chi connectivity index (χ4n) is 1.22. The number of esters is 1. The predicted octanol–water partition coefficient (Wildman–Crippen LogP) is -0.216. The zero-order valence-corrected chi connectivity index (χ0v) is 7.50. The minimum absolute atomic E-state index is 0.173. The molecule has 4 nitrogen and oxygen atoms in total. The summed E-state index contributed by atoms with van der Waals surface area (Å²) in [5.41, 5.74) is 0. The van der Waals surface area contributed by atoms with Crippen LogP contribution in [0, 0.1) is 5.92 Å². The van der Waals surface area contributed by atoms with Gasteiger partial charge >= 0.3 is 5.97 Å². The van der Waals surface area contributed by atoms with Crippen LogP contribution in [0.2, 0.25) is 0 Å². The van der Waals surface area contributed by atoms with Crippen LogP contribution in [0.3, 0.4) is 0 Å². The first-order chi connectivity index (χ1) is 5.79. The second-order valence-corrected chi connectivity index (χ2v) is 2.82. The third-order valence-corrected chi connectivity index (χ3v) is 1.99. The van der Waals surface area contributed by atoms with Crippen molar-refractivity contribution in [3.8, 4) is 0 Å². The predicted molar refractivity (Wildman–Crippen MR) is 43.8 cm³/mol. The molecule has 1 rings (SSSR count). The van der Waals surface area contributed by atoms with E-state index < -0.39 is 0 Å². The lowest BCUT2D eigenvalue weighted by molar-refractivity contribution is -0.153. The second-order valence-electron chi connectivity index (χ2n) is 2.82. The monoisotopic (exact) mass is 173 g/mol. The average Bonchev–Trinajstić information content (AvgIpc) is 1.96. The summed E-state index contributed by atoms with van der Waals surface area (Å²) in [6, 6.07) is -0.196. The van der Waals surface area contributed by atoms with Crippen molar-refractivity contribution in [1.82, 2.24) is 5.32 Å². The number of nitrogens with one attached hydrogen (secondary N) is 1. The molecule has 1 fully saturated rings. The van der Waals surface area contributed by atoms with Crippen LogP contribution in [-0.2, 0) is 14.3 Å². The molecule has 0 saturated carbocycles. The van der Waals surface area contributed by atoms with Crippen LogP contribution in [0.4, 0.5) is 0 Å². The largest absolute Gasteiger partial charge is 0.465 e. The van der Waals surface area contributed by atoms with Crippen molar-refractivity contribution in [3.63, 3.8) is 0 Å². The van der Waals surface area contributed by atoms with Crippen molar-refractivity contribution in [2.24, 2.45) is 5.92 Å². The molecular weight excluding hydrogens is 158 g/mol. The summed E-state index contributed by atoms with van der Waals surface area (Å²) in [5.74, 6) is 0.113. The molecule has 0 amide bonds. The Labute approximate surface area is 72.2 Å². The fraction of sp³-hybridized carbons (Fsp3) is 0.875. The molecular formula is C8H15NO3. The van der Waals surface area contributed by atoms with Gasteiger partial charge in [-0.15, -0.1) is 0 Å². The first-order valence-corrected chi connectivity index (χ1v) is 4.21. The summed E-state index contributed by atoms with van der Waals surface area (Å²) in [5, 5.41) is 2.93. The Morgan fingerprint density at radius 1 is 1.75 bits per heavy atom. The maximum Gasteiger partial charge on any atom is 0.323 e. The second kappa shape index (κ2) is 4.42. The highest BCUT2D eigenvalue weighted by Crippen LogP contribution is 2.15. The van der Waals surface area contributed by atoms with Crippen LogP contribution < -0.4 is 5.32 Å². The molecule has 0 aromatic heterocycles. The number of ether oxygens (including phenoxy) is 2. The molecule has 0 aliphatic carbocycles. The molecule has 0 bridgehead atoms. The molecule has 0 aromatic rings. The Kier molecular flexibility index (Phi) is 3.49. The number of hydrogen-bond donors (Lipinski definition) is 1. The molecule has 1 aliphatic rings. The lowest BCUT2D eigenvalue weighted by Gasteiger charge is -2.31. The van der Waals surface area contributed by atoms with E-state index in [-0.39, 0.29) is 17.9 Å². The third-order valence-electron chi connectivity index (χ3n) is 1.99. The Balaban J connectivity index is 2.37. The maximum atomic E-state index is 11.3. The molecule has 0 spiro atoms. The van der Waals surface area contributed by atoms with Gasteiger partial charge in [0.2, 0.25) is 0 Å². The average molecular weight is 173 g/mol. The van der Waals surface area contributed by atoms with Crippen molar-refractivity contribution in [2.45, 2.75) is 13.0 Å². The topological polar surface area (TPSA) is 47.6 Å². The summed E-state index contributed by atoms with van der Waals surface area (Å²) in [6.45, 7) is 3.56. The van der Waals surface area contributed by atoms with Crippen molar-refractivity contribution in [1.29, 1.82) is 0 Å². The fourth-order valence-corrected chi connectivity index (χ4v) is 1.22. The molecule has 1 saturated heterocycles. The highest BCUT2D eigenvalue weighted by atomic mass is 16.5. The zero-order valence-electron chi connectivity index (χ0n) is 7.50. The van der Waals surface area contributed by atoms with Crippen LogP contribution in [0.5, 0.6) is 0 Å². The van der Waals surface area contributed by atoms with E-state index in [1.807, 2.05) is 6.92 Å². The van der Waals surface area contributed by atoms with E-state index in [2.05, 4.69) is 5.32 Å². The van der Waals surface area contributed by atoms with Gasteiger partial charge in [-0.2, -0.15) is 0 Å². The molecule has 1 aliphatic heterocycles. The van der Waals surface area contributed by atoms with Crippen LogP contribution in [0.15, 0.2) is 0 Å². The van der Waals surface area contributed by atoms with Crippen LogP contribution in [0.1, 0.15) is 6.92 Å². The molecule has 1 unspecified atom stereocenters. The molecule has 1 N–H and O–H groups in total. The summed E-state index contributed by atoms with van der Waals surface area (Å²) < 4.78 is 9.89. The van der Waals surface area contributed by atoms with Crippen molar-refractivity contribution in [3.05, 3.63) is 0 Å². The Morgan fingerprint density at radius 3 is 2.75 bits per heavy atom. The van der Waals surface area contributed by atoms with Gasteiger partial charge in [0.15, 0.2) is 0 Å². The molecule has 1 heterocycles. The van der Waals surface area contributed by atoms with E-state index in [0.29, 0.717) is 19.8 Å². The van der Waals surface area contributed by atoms with E-state index >= 15 is 0 Å². The van der Waals surface area contributed by atoms with Crippen molar-refractivity contribution < 1.29 is 14.3 Å². The first kappa shape index (κ1) is 9.48. The minimum Gasteiger partial charge on any atom is -0.465 e. The van der Waals surface area contributed by atoms with E-state index in [1.165, 1.54) is 0 Å². The van der Waals surface area contributed by atoms with Gasteiger partial charge in [0.05, 0.1) is 19.8 Å². The SMILES string of the molecule is CCOC(=O)C(NC)C1COC1. The molecule has 1 atom stereocenters. The molecule has 0 aromatic carbocycles. The quantitative estimate of drug-likeness (QED) is 0.597. The van der Waals surface area contributed by atoms with Gasteiger partial charge in [0.1, 0.15) is 6.04 Å². The van der Waals surface area contributed by atoms with Gasteiger partial charge in [-0.3, -0.25) is 4.79 Å². The van der Waals surface area contributed by atoms with Gasteiger partial charge in [-0.05, 0) is 14.0 Å². The lowest BCUT2D eigenvalue weighted by atomic mass is 9.98. The Morgan fingerprint density at radius 2 is 2.42 bits per heavy atom. The summed E-state index contributed by atoms with van der Waals surface area (Å²) >= 11 is 0. The van der Waals surface area contributed by atoms with E-state index in [4.69, 9.17) is 9.47 Å². The van der Waals surface area contributed by atoms with Gasteiger partial charge in [0, 0.05) is 5.92 Å². The smallest absolute Gasteiger partial charge is 0.323 e. The number of hydrogen-bond acceptors (Lipinski definition) is 4. The number of rotatable bonds is 4. The third kappa shape index (κ3) is 1.95. The van der Waals surface area contributed by atoms with E-state index in [1.54, 1.807) is 7.05 Å².